The van der Waals surface area contributed by atoms with Gasteiger partial charge in [-0.25, -0.2) is 14.0 Å². The molecule has 47 heavy (non-hydrogen) atoms. The van der Waals surface area contributed by atoms with Crippen molar-refractivity contribution in [2.24, 2.45) is 0 Å². The minimum atomic E-state index is -4.09. The predicted molar refractivity (Wildman–Crippen MR) is 180 cm³/mol. The van der Waals surface area contributed by atoms with E-state index in [0.29, 0.717) is 25.7 Å². The summed E-state index contributed by atoms with van der Waals surface area (Å²) < 4.78 is 51.2. The van der Waals surface area contributed by atoms with Crippen molar-refractivity contribution in [3.05, 3.63) is 0 Å². The normalized spacial score (nSPS) is 18.5. The van der Waals surface area contributed by atoms with Crippen molar-refractivity contribution >= 4 is 38.8 Å². The van der Waals surface area contributed by atoms with Gasteiger partial charge in [0.1, 0.15) is 12.1 Å². The van der Waals surface area contributed by atoms with Crippen LogP contribution in [-0.2, 0) is 33.4 Å². The van der Waals surface area contributed by atoms with Crippen LogP contribution in [0.4, 0.5) is 13.2 Å². The van der Waals surface area contributed by atoms with Gasteiger partial charge in [0.25, 0.3) is 11.8 Å². The van der Waals surface area contributed by atoms with Gasteiger partial charge < -0.3 is 20.1 Å². The van der Waals surface area contributed by atoms with Gasteiger partial charge in [0.05, 0.1) is 13.2 Å². The average molecular weight is 697 g/mol. The highest BCUT2D eigenvalue weighted by atomic mass is 31.0. The number of halogens is 3. The van der Waals surface area contributed by atoms with Crippen LogP contribution < -0.4 is 10.6 Å². The highest BCUT2D eigenvalue weighted by Gasteiger charge is 2.48. The first-order valence-corrected chi connectivity index (χ1v) is 18.3. The number of hydrogen-bond donors (Lipinski definition) is 2. The van der Waals surface area contributed by atoms with E-state index in [2.05, 4.69) is 23.9 Å². The van der Waals surface area contributed by atoms with E-state index in [0.717, 1.165) is 44.9 Å². The smallest absolute Gasteiger partial charge is 0.381 e. The molecular weight excluding hydrogens is 636 g/mol. The predicted octanol–water partition coefficient (Wildman–Crippen LogP) is 7.28. The number of hydrogen-bond acceptors (Lipinski definition) is 7. The molecule has 0 aromatic rings. The second-order valence-corrected chi connectivity index (χ2v) is 12.8. The number of cyclic esters (lactones) is 2. The molecule has 2 aliphatic heterocycles. The van der Waals surface area contributed by atoms with Crippen LogP contribution in [0.25, 0.3) is 0 Å². The van der Waals surface area contributed by atoms with Crippen LogP contribution in [-0.4, -0.2) is 66.2 Å². The summed E-state index contributed by atoms with van der Waals surface area (Å²) in [4.78, 5) is 57.4. The van der Waals surface area contributed by atoms with Crippen molar-refractivity contribution in [1.82, 2.24) is 10.6 Å². The van der Waals surface area contributed by atoms with Gasteiger partial charge in [0, 0.05) is 19.3 Å². The molecule has 0 aromatic carbocycles. The van der Waals surface area contributed by atoms with Crippen LogP contribution in [0.3, 0.4) is 0 Å². The van der Waals surface area contributed by atoms with Crippen molar-refractivity contribution in [2.75, 3.05) is 13.2 Å². The maximum atomic E-state index is 14.3. The topological polar surface area (TPSA) is 128 Å². The molecule has 0 radical (unpaired) electrons. The number of unbranched alkanes of at least 4 members (excludes halogenated alkanes) is 13. The lowest BCUT2D eigenvalue weighted by atomic mass is 10.0. The fourth-order valence-corrected chi connectivity index (χ4v) is 5.22. The maximum Gasteiger partial charge on any atom is 0.381 e. The first-order chi connectivity index (χ1) is 22.4. The minimum Gasteiger partial charge on any atom is -0.464 e. The number of ketones is 1. The Kier molecular flexibility index (Phi) is 24.5. The van der Waals surface area contributed by atoms with Gasteiger partial charge in [0.2, 0.25) is 11.2 Å². The Balaban J connectivity index is 0.000000856. The fraction of sp³-hybridized carbons (Fsp3) is 0.853. The number of amides is 2. The Hall–Kier alpha value is -2.23. The highest BCUT2D eigenvalue weighted by molar-refractivity contribution is 7.20. The standard InChI is InChI=1S/C16H25F2NO4.C16H29FNO3P.C2H6/c1-2-3-4-5-6-7-8-9-13(20)16(17,18)15(22)19-12-10-11-23-14(12)21;1-2-3-4-5-6-7-8-9-11-16(17,22)15(20)18-13-10-12-21-14(13)19;1-2/h12H,2-11H2,1H3,(H,19,22);13H,2-12,22H2,1H3,(H,18,20);1-2H3. The van der Waals surface area contributed by atoms with Crippen LogP contribution in [0.2, 0.25) is 0 Å². The van der Waals surface area contributed by atoms with Gasteiger partial charge in [-0.2, -0.15) is 8.78 Å². The lowest BCUT2D eigenvalue weighted by Crippen LogP contribution is -2.50. The Morgan fingerprint density at radius 1 is 0.681 bits per heavy atom. The zero-order valence-corrected chi connectivity index (χ0v) is 30.2. The first kappa shape index (κ1) is 44.8. The van der Waals surface area contributed by atoms with Crippen molar-refractivity contribution < 1.29 is 46.6 Å². The van der Waals surface area contributed by atoms with Crippen molar-refractivity contribution in [2.45, 2.75) is 173 Å². The SMILES string of the molecule is CC.CCCCCCCCCC(=O)C(F)(F)C(=O)NC1CCOC1=O.CCCCCCCCCCC(F)(P)C(=O)NC1CCOC1=O. The molecule has 2 aliphatic rings. The molecule has 2 rings (SSSR count). The summed E-state index contributed by atoms with van der Waals surface area (Å²) >= 11 is 0. The molecule has 0 bridgehead atoms. The van der Waals surface area contributed by atoms with Gasteiger partial charge >= 0.3 is 17.9 Å². The van der Waals surface area contributed by atoms with Gasteiger partial charge in [-0.05, 0) is 19.3 Å². The number of carbonyl (C=O) groups is 5. The molecule has 2 N–H and O–H groups in total. The summed E-state index contributed by atoms with van der Waals surface area (Å²) in [6.07, 6.45) is 15.7. The summed E-state index contributed by atoms with van der Waals surface area (Å²) in [5.74, 6) is -9.14. The van der Waals surface area contributed by atoms with Gasteiger partial charge in [-0.3, -0.25) is 14.4 Å². The summed E-state index contributed by atoms with van der Waals surface area (Å²) in [7, 11) is 1.99. The molecule has 2 amide bonds. The van der Waals surface area contributed by atoms with Gasteiger partial charge in [0.15, 0.2) is 0 Å². The van der Waals surface area contributed by atoms with Gasteiger partial charge in [-0.1, -0.05) is 120 Å². The zero-order valence-electron chi connectivity index (χ0n) is 29.1. The second kappa shape index (κ2) is 25.7. The summed E-state index contributed by atoms with van der Waals surface area (Å²) in [5, 5.41) is 2.33. The quantitative estimate of drug-likeness (QED) is 0.0527. The summed E-state index contributed by atoms with van der Waals surface area (Å²) in [6, 6.07) is -1.78. The number of ether oxygens (including phenoxy) is 2. The molecule has 2 saturated heterocycles. The monoisotopic (exact) mass is 696 g/mol. The lowest BCUT2D eigenvalue weighted by molar-refractivity contribution is -0.160. The van der Waals surface area contributed by atoms with E-state index in [1.54, 1.807) is 0 Å². The molecule has 274 valence electrons. The summed E-state index contributed by atoms with van der Waals surface area (Å²) in [5.41, 5.74) is 0. The molecule has 0 aromatic heterocycles. The number of nitrogens with one attached hydrogen (secondary N) is 2. The van der Waals surface area contributed by atoms with Crippen LogP contribution in [0, 0.1) is 0 Å². The Labute approximate surface area is 282 Å². The molecular formula is C34H60F3N2O7P. The molecule has 13 heteroatoms. The lowest BCUT2D eigenvalue weighted by Gasteiger charge is -2.21. The number of rotatable bonds is 22. The van der Waals surface area contributed by atoms with E-state index >= 15 is 0 Å². The van der Waals surface area contributed by atoms with E-state index in [1.807, 2.05) is 28.4 Å². The molecule has 9 nitrogen and oxygen atoms in total. The third-order valence-electron chi connectivity index (χ3n) is 7.90. The molecule has 0 aliphatic carbocycles. The molecule has 0 spiro atoms. The number of carbonyl (C=O) groups excluding carboxylic acids is 5. The molecule has 0 saturated carbocycles. The van der Waals surface area contributed by atoms with Crippen LogP contribution in [0.15, 0.2) is 0 Å². The van der Waals surface area contributed by atoms with Crippen LogP contribution in [0.1, 0.15) is 150 Å². The van der Waals surface area contributed by atoms with E-state index in [-0.39, 0.29) is 32.5 Å². The van der Waals surface area contributed by atoms with Crippen LogP contribution >= 0.6 is 9.24 Å². The van der Waals surface area contributed by atoms with E-state index in [4.69, 9.17) is 4.74 Å². The minimum absolute atomic E-state index is 0.0847. The largest absolute Gasteiger partial charge is 0.464 e. The third kappa shape index (κ3) is 18.8. The molecule has 2 fully saturated rings. The number of esters is 2. The van der Waals surface area contributed by atoms with E-state index in [1.165, 1.54) is 32.1 Å². The maximum absolute atomic E-state index is 14.3. The molecule has 4 atom stereocenters. The van der Waals surface area contributed by atoms with Crippen molar-refractivity contribution in [3.8, 4) is 0 Å². The van der Waals surface area contributed by atoms with Crippen LogP contribution in [0.5, 0.6) is 0 Å². The summed E-state index contributed by atoms with van der Waals surface area (Å²) in [6.45, 7) is 8.67. The Bertz CT molecular complexity index is 937. The third-order valence-corrected chi connectivity index (χ3v) is 8.45. The fourth-order valence-electron chi connectivity index (χ4n) is 4.94. The van der Waals surface area contributed by atoms with Gasteiger partial charge in [-0.15, -0.1) is 0 Å². The zero-order chi connectivity index (χ0) is 35.7. The molecule has 4 unspecified atom stereocenters. The Morgan fingerprint density at radius 3 is 1.47 bits per heavy atom. The van der Waals surface area contributed by atoms with E-state index in [9.17, 15) is 37.1 Å². The van der Waals surface area contributed by atoms with E-state index < -0.39 is 53.0 Å². The first-order valence-electron chi connectivity index (χ1n) is 17.7. The average Bonchev–Trinajstić information content (AvgIpc) is 3.65. The Morgan fingerprint density at radius 2 is 1.06 bits per heavy atom. The van der Waals surface area contributed by atoms with Crippen molar-refractivity contribution in [3.63, 3.8) is 0 Å². The van der Waals surface area contributed by atoms with Crippen molar-refractivity contribution in [1.29, 1.82) is 0 Å². The number of Topliss-reactive ketones (excluding diaryl/α,β-unsaturated/α-hetero) is 1. The second-order valence-electron chi connectivity index (χ2n) is 11.9. The highest BCUT2D eigenvalue weighted by Crippen LogP contribution is 2.29. The number of alkyl halides is 3. The molecule has 2 heterocycles.